The highest BCUT2D eigenvalue weighted by Gasteiger charge is 2.14. The van der Waals surface area contributed by atoms with Gasteiger partial charge in [-0.25, -0.2) is 0 Å². The molecule has 48 valence electrons. The molecule has 0 aliphatic carbocycles. The van der Waals surface area contributed by atoms with Gasteiger partial charge in [-0.1, -0.05) is 0 Å². The number of hydrogen-bond donors (Lipinski definition) is 0. The summed E-state index contributed by atoms with van der Waals surface area (Å²) in [6.07, 6.45) is 0. The molecule has 1 aliphatic heterocycles. The molecule has 3 heteroatoms. The second-order valence-electron chi connectivity index (χ2n) is 1.73. The third-order valence-corrected chi connectivity index (χ3v) is 2.09. The smallest absolute Gasteiger partial charge is 0.0925 e. The van der Waals surface area contributed by atoms with E-state index in [1.54, 1.807) is 7.11 Å². The summed E-state index contributed by atoms with van der Waals surface area (Å²) in [5.41, 5.74) is 0. The van der Waals surface area contributed by atoms with E-state index in [-0.39, 0.29) is 0 Å². The van der Waals surface area contributed by atoms with Crippen molar-refractivity contribution in [2.45, 2.75) is 5.25 Å². The van der Waals surface area contributed by atoms with E-state index in [9.17, 15) is 0 Å². The highest BCUT2D eigenvalue weighted by atomic mass is 32.2. The quantitative estimate of drug-likeness (QED) is 0.554. The lowest BCUT2D eigenvalue weighted by atomic mass is 10.5. The maximum atomic E-state index is 5.09. The average Bonchev–Trinajstić information content (AvgIpc) is 2.19. The standard InChI is InChI=1S/C5H10O2S/c1-6-2-5-3-7-4-8-5/h5H,2-4H2,1H3. The first-order valence-electron chi connectivity index (χ1n) is 2.62. The Kier molecular flexibility index (Phi) is 2.66. The molecule has 8 heavy (non-hydrogen) atoms. The average molecular weight is 134 g/mol. The summed E-state index contributed by atoms with van der Waals surface area (Å²) in [6, 6.07) is 0. The summed E-state index contributed by atoms with van der Waals surface area (Å²) >= 11 is 1.82. The third-order valence-electron chi connectivity index (χ3n) is 1.04. The van der Waals surface area contributed by atoms with E-state index in [1.807, 2.05) is 11.8 Å². The van der Waals surface area contributed by atoms with Gasteiger partial charge in [-0.15, -0.1) is 11.8 Å². The molecule has 0 amide bonds. The lowest BCUT2D eigenvalue weighted by Crippen LogP contribution is -2.10. The summed E-state index contributed by atoms with van der Waals surface area (Å²) in [6.45, 7) is 1.68. The second-order valence-corrected chi connectivity index (χ2v) is 2.97. The molecule has 1 atom stereocenters. The van der Waals surface area contributed by atoms with Crippen LogP contribution in [0.3, 0.4) is 0 Å². The predicted octanol–water partition coefficient (Wildman–Crippen LogP) is 0.722. The Morgan fingerprint density at radius 2 is 2.75 bits per heavy atom. The zero-order valence-electron chi connectivity index (χ0n) is 4.92. The number of hydrogen-bond acceptors (Lipinski definition) is 3. The molecule has 0 N–H and O–H groups in total. The first kappa shape index (κ1) is 6.39. The fraction of sp³-hybridized carbons (Fsp3) is 1.00. The summed E-state index contributed by atoms with van der Waals surface area (Å²) in [5.74, 6) is 0.841. The molecule has 0 radical (unpaired) electrons. The SMILES string of the molecule is COCC1COCS1. The zero-order valence-corrected chi connectivity index (χ0v) is 5.74. The summed E-state index contributed by atoms with van der Waals surface area (Å²) in [5, 5.41) is 0.583. The Balaban J connectivity index is 2.06. The molecule has 2 nitrogen and oxygen atoms in total. The molecular formula is C5H10O2S. The van der Waals surface area contributed by atoms with Crippen molar-refractivity contribution in [1.82, 2.24) is 0 Å². The number of methoxy groups -OCH3 is 1. The van der Waals surface area contributed by atoms with Crippen LogP contribution in [0.25, 0.3) is 0 Å². The Bertz CT molecular complexity index is 61.4. The van der Waals surface area contributed by atoms with Crippen molar-refractivity contribution >= 4 is 11.8 Å². The molecule has 0 spiro atoms. The van der Waals surface area contributed by atoms with Crippen LogP contribution >= 0.6 is 11.8 Å². The van der Waals surface area contributed by atoms with E-state index >= 15 is 0 Å². The van der Waals surface area contributed by atoms with Crippen molar-refractivity contribution < 1.29 is 9.47 Å². The van der Waals surface area contributed by atoms with Gasteiger partial charge in [-0.2, -0.15) is 0 Å². The van der Waals surface area contributed by atoms with Gasteiger partial charge >= 0.3 is 0 Å². The molecular weight excluding hydrogens is 124 g/mol. The van der Waals surface area contributed by atoms with Crippen molar-refractivity contribution in [3.8, 4) is 0 Å². The molecule has 1 aliphatic rings. The summed E-state index contributed by atoms with van der Waals surface area (Å²) < 4.78 is 10.0. The van der Waals surface area contributed by atoms with Crippen LogP contribution in [0.15, 0.2) is 0 Å². The normalized spacial score (nSPS) is 28.9. The third kappa shape index (κ3) is 1.65. The molecule has 0 saturated carbocycles. The van der Waals surface area contributed by atoms with E-state index in [2.05, 4.69) is 0 Å². The Morgan fingerprint density at radius 3 is 3.25 bits per heavy atom. The van der Waals surface area contributed by atoms with Gasteiger partial charge in [-0.3, -0.25) is 0 Å². The molecule has 0 aromatic heterocycles. The van der Waals surface area contributed by atoms with Gasteiger partial charge in [0.2, 0.25) is 0 Å². The van der Waals surface area contributed by atoms with Crippen molar-refractivity contribution in [2.75, 3.05) is 26.3 Å². The van der Waals surface area contributed by atoms with Crippen molar-refractivity contribution in [1.29, 1.82) is 0 Å². The van der Waals surface area contributed by atoms with Gasteiger partial charge < -0.3 is 9.47 Å². The highest BCUT2D eigenvalue weighted by Crippen LogP contribution is 2.18. The lowest BCUT2D eigenvalue weighted by molar-refractivity contribution is 0.153. The predicted molar refractivity (Wildman–Crippen MR) is 34.1 cm³/mol. The summed E-state index contributed by atoms with van der Waals surface area (Å²) in [4.78, 5) is 0. The fourth-order valence-corrected chi connectivity index (χ4v) is 1.46. The highest BCUT2D eigenvalue weighted by molar-refractivity contribution is 8.00. The fourth-order valence-electron chi connectivity index (χ4n) is 0.654. The van der Waals surface area contributed by atoms with Crippen molar-refractivity contribution in [3.63, 3.8) is 0 Å². The van der Waals surface area contributed by atoms with Crippen LogP contribution in [0.2, 0.25) is 0 Å². The molecule has 0 bridgehead atoms. The van der Waals surface area contributed by atoms with E-state index in [0.717, 1.165) is 19.2 Å². The van der Waals surface area contributed by atoms with E-state index in [4.69, 9.17) is 9.47 Å². The Hall–Kier alpha value is 0.270. The van der Waals surface area contributed by atoms with Crippen LogP contribution in [0.5, 0.6) is 0 Å². The van der Waals surface area contributed by atoms with Crippen LogP contribution < -0.4 is 0 Å². The summed E-state index contributed by atoms with van der Waals surface area (Å²) in [7, 11) is 1.72. The first-order valence-corrected chi connectivity index (χ1v) is 3.66. The molecule has 0 aromatic rings. The van der Waals surface area contributed by atoms with E-state index in [1.165, 1.54) is 0 Å². The topological polar surface area (TPSA) is 18.5 Å². The minimum Gasteiger partial charge on any atom is -0.383 e. The van der Waals surface area contributed by atoms with Crippen LogP contribution in [-0.4, -0.2) is 31.5 Å². The zero-order chi connectivity index (χ0) is 5.82. The largest absolute Gasteiger partial charge is 0.383 e. The van der Waals surface area contributed by atoms with Gasteiger partial charge in [0.15, 0.2) is 0 Å². The second kappa shape index (κ2) is 3.33. The maximum Gasteiger partial charge on any atom is 0.0925 e. The molecule has 0 aromatic carbocycles. The minimum atomic E-state index is 0.583. The van der Waals surface area contributed by atoms with E-state index in [0.29, 0.717) is 5.25 Å². The van der Waals surface area contributed by atoms with Gasteiger partial charge in [0.25, 0.3) is 0 Å². The minimum absolute atomic E-state index is 0.583. The van der Waals surface area contributed by atoms with Gasteiger partial charge in [-0.05, 0) is 0 Å². The van der Waals surface area contributed by atoms with Gasteiger partial charge in [0, 0.05) is 7.11 Å². The van der Waals surface area contributed by atoms with Crippen LogP contribution in [-0.2, 0) is 9.47 Å². The number of ether oxygens (including phenoxy) is 2. The number of thioether (sulfide) groups is 1. The van der Waals surface area contributed by atoms with Gasteiger partial charge in [0.1, 0.15) is 0 Å². The van der Waals surface area contributed by atoms with Crippen molar-refractivity contribution in [2.24, 2.45) is 0 Å². The van der Waals surface area contributed by atoms with Crippen molar-refractivity contribution in [3.05, 3.63) is 0 Å². The molecule has 1 saturated heterocycles. The number of rotatable bonds is 2. The van der Waals surface area contributed by atoms with Crippen LogP contribution in [0.4, 0.5) is 0 Å². The first-order chi connectivity index (χ1) is 3.93. The molecule has 1 fully saturated rings. The maximum absolute atomic E-state index is 5.09. The lowest BCUT2D eigenvalue weighted by Gasteiger charge is -2.01. The van der Waals surface area contributed by atoms with Crippen LogP contribution in [0, 0.1) is 0 Å². The molecule has 1 rings (SSSR count). The van der Waals surface area contributed by atoms with E-state index < -0.39 is 0 Å². The molecule has 1 unspecified atom stereocenters. The Morgan fingerprint density at radius 1 is 1.88 bits per heavy atom. The monoisotopic (exact) mass is 134 g/mol. The Labute approximate surface area is 53.5 Å². The van der Waals surface area contributed by atoms with Gasteiger partial charge in [0.05, 0.1) is 24.4 Å². The van der Waals surface area contributed by atoms with Crippen LogP contribution in [0.1, 0.15) is 0 Å². The molecule has 1 heterocycles.